The van der Waals surface area contributed by atoms with E-state index in [1.807, 2.05) is 18.2 Å². The molecule has 0 saturated heterocycles. The molecule has 0 radical (unpaired) electrons. The molecule has 14 heavy (non-hydrogen) atoms. The van der Waals surface area contributed by atoms with Gasteiger partial charge in [-0.25, -0.2) is 0 Å². The molecule has 0 aromatic heterocycles. The third-order valence-electron chi connectivity index (χ3n) is 1.62. The van der Waals surface area contributed by atoms with Gasteiger partial charge in [0.2, 0.25) is 0 Å². The van der Waals surface area contributed by atoms with E-state index in [-0.39, 0.29) is 5.91 Å². The Hall–Kier alpha value is -1.97. The van der Waals surface area contributed by atoms with Gasteiger partial charge < -0.3 is 16.4 Å². The lowest BCUT2D eigenvalue weighted by atomic mass is 10.3. The van der Waals surface area contributed by atoms with E-state index in [2.05, 4.69) is 10.6 Å². The molecule has 74 valence electrons. The number of carbonyl (C=O) groups excluding carboxylic acids is 1. The van der Waals surface area contributed by atoms with Crippen molar-refractivity contribution in [1.82, 2.24) is 5.32 Å². The van der Waals surface area contributed by atoms with Crippen molar-refractivity contribution in [2.45, 2.75) is 0 Å². The van der Waals surface area contributed by atoms with Crippen molar-refractivity contribution in [2.75, 3.05) is 12.4 Å². The van der Waals surface area contributed by atoms with Crippen LogP contribution in [0.25, 0.3) is 0 Å². The van der Waals surface area contributed by atoms with Gasteiger partial charge in [0.25, 0.3) is 5.91 Å². The molecule has 0 aliphatic rings. The van der Waals surface area contributed by atoms with E-state index < -0.39 is 0 Å². The third-order valence-corrected chi connectivity index (χ3v) is 1.62. The van der Waals surface area contributed by atoms with Crippen molar-refractivity contribution in [3.05, 3.63) is 42.2 Å². The molecular weight excluding hydrogens is 178 g/mol. The standard InChI is InChI=1S/C10H13N3O/c1-12-9(11)7-10(14)13-8-5-3-2-4-6-8/h2-7,12H,11H2,1H3,(H,13,14). The molecule has 0 bridgehead atoms. The first-order chi connectivity index (χ1) is 6.72. The molecule has 0 aliphatic heterocycles. The summed E-state index contributed by atoms with van der Waals surface area (Å²) in [5, 5.41) is 5.33. The monoisotopic (exact) mass is 191 g/mol. The zero-order valence-corrected chi connectivity index (χ0v) is 7.95. The second-order valence-corrected chi connectivity index (χ2v) is 2.70. The van der Waals surface area contributed by atoms with Crippen LogP contribution in [-0.2, 0) is 4.79 Å². The SMILES string of the molecule is CNC(N)=CC(=O)Nc1ccccc1. The number of nitrogens with one attached hydrogen (secondary N) is 2. The Bertz CT molecular complexity index is 332. The molecule has 0 saturated carbocycles. The molecule has 1 aromatic carbocycles. The summed E-state index contributed by atoms with van der Waals surface area (Å²) < 4.78 is 0. The smallest absolute Gasteiger partial charge is 0.251 e. The molecule has 0 unspecified atom stereocenters. The minimum absolute atomic E-state index is 0.247. The predicted octanol–water partition coefficient (Wildman–Crippen LogP) is 0.645. The highest BCUT2D eigenvalue weighted by atomic mass is 16.1. The Labute approximate surface area is 82.8 Å². The summed E-state index contributed by atoms with van der Waals surface area (Å²) >= 11 is 0. The fourth-order valence-corrected chi connectivity index (χ4v) is 0.913. The Morgan fingerprint density at radius 3 is 2.57 bits per heavy atom. The average molecular weight is 191 g/mol. The summed E-state index contributed by atoms with van der Waals surface area (Å²) in [6.45, 7) is 0. The lowest BCUT2D eigenvalue weighted by Crippen LogP contribution is -2.19. The number of nitrogens with two attached hydrogens (primary N) is 1. The van der Waals surface area contributed by atoms with Crippen LogP contribution in [0.5, 0.6) is 0 Å². The molecular formula is C10H13N3O. The van der Waals surface area contributed by atoms with Gasteiger partial charge in [-0.3, -0.25) is 4.79 Å². The number of amides is 1. The molecule has 0 fully saturated rings. The minimum Gasteiger partial charge on any atom is -0.385 e. The Balaban J connectivity index is 2.58. The van der Waals surface area contributed by atoms with Gasteiger partial charge in [-0.15, -0.1) is 0 Å². The molecule has 1 aromatic rings. The van der Waals surface area contributed by atoms with E-state index in [1.165, 1.54) is 6.08 Å². The first kappa shape index (κ1) is 10.1. The van der Waals surface area contributed by atoms with Crippen LogP contribution in [0.2, 0.25) is 0 Å². The Kier molecular flexibility index (Phi) is 3.55. The van der Waals surface area contributed by atoms with Crippen LogP contribution >= 0.6 is 0 Å². The molecule has 0 heterocycles. The molecule has 1 amide bonds. The number of hydrogen-bond acceptors (Lipinski definition) is 3. The van der Waals surface area contributed by atoms with Crippen molar-refractivity contribution < 1.29 is 4.79 Å². The number of carbonyl (C=O) groups is 1. The molecule has 4 nitrogen and oxygen atoms in total. The summed E-state index contributed by atoms with van der Waals surface area (Å²) in [4.78, 5) is 11.3. The van der Waals surface area contributed by atoms with Gasteiger partial charge >= 0.3 is 0 Å². The summed E-state index contributed by atoms with van der Waals surface area (Å²) in [5.74, 6) is 0.0847. The van der Waals surface area contributed by atoms with Gasteiger partial charge in [0.1, 0.15) is 5.82 Å². The largest absolute Gasteiger partial charge is 0.385 e. The summed E-state index contributed by atoms with van der Waals surface area (Å²) in [7, 11) is 1.65. The Morgan fingerprint density at radius 1 is 1.36 bits per heavy atom. The number of anilines is 1. The van der Waals surface area contributed by atoms with Gasteiger partial charge in [0.05, 0.1) is 0 Å². The van der Waals surface area contributed by atoms with Crippen LogP contribution in [0.3, 0.4) is 0 Å². The van der Waals surface area contributed by atoms with Crippen molar-refractivity contribution in [2.24, 2.45) is 5.73 Å². The van der Waals surface area contributed by atoms with Gasteiger partial charge in [-0.2, -0.15) is 0 Å². The highest BCUT2D eigenvalue weighted by Crippen LogP contribution is 2.04. The molecule has 1 rings (SSSR count). The van der Waals surface area contributed by atoms with E-state index in [0.29, 0.717) is 5.82 Å². The van der Waals surface area contributed by atoms with Crippen LogP contribution in [-0.4, -0.2) is 13.0 Å². The van der Waals surface area contributed by atoms with Crippen LogP contribution in [0.1, 0.15) is 0 Å². The summed E-state index contributed by atoms with van der Waals surface area (Å²) in [6.07, 6.45) is 1.30. The number of para-hydroxylation sites is 1. The summed E-state index contributed by atoms with van der Waals surface area (Å²) in [5.41, 5.74) is 6.16. The van der Waals surface area contributed by atoms with Gasteiger partial charge in [-0.05, 0) is 12.1 Å². The van der Waals surface area contributed by atoms with E-state index in [9.17, 15) is 4.79 Å². The normalized spacial score (nSPS) is 10.8. The van der Waals surface area contributed by atoms with Crippen molar-refractivity contribution in [3.63, 3.8) is 0 Å². The molecule has 0 spiro atoms. The van der Waals surface area contributed by atoms with E-state index >= 15 is 0 Å². The first-order valence-corrected chi connectivity index (χ1v) is 4.23. The number of hydrogen-bond donors (Lipinski definition) is 3. The lowest BCUT2D eigenvalue weighted by Gasteiger charge is -2.02. The summed E-state index contributed by atoms with van der Waals surface area (Å²) in [6, 6.07) is 9.19. The fraction of sp³-hybridized carbons (Fsp3) is 0.100. The maximum atomic E-state index is 11.3. The van der Waals surface area contributed by atoms with Crippen LogP contribution in [0, 0.1) is 0 Å². The first-order valence-electron chi connectivity index (χ1n) is 4.23. The molecule has 4 N–H and O–H groups in total. The molecule has 0 aliphatic carbocycles. The number of benzene rings is 1. The zero-order chi connectivity index (χ0) is 10.4. The quantitative estimate of drug-likeness (QED) is 0.614. The highest BCUT2D eigenvalue weighted by Gasteiger charge is 1.97. The fourth-order valence-electron chi connectivity index (χ4n) is 0.913. The maximum Gasteiger partial charge on any atom is 0.251 e. The Morgan fingerprint density at radius 2 is 2.00 bits per heavy atom. The maximum absolute atomic E-state index is 11.3. The van der Waals surface area contributed by atoms with E-state index in [1.54, 1.807) is 19.2 Å². The second kappa shape index (κ2) is 4.91. The van der Waals surface area contributed by atoms with Gasteiger partial charge in [0, 0.05) is 18.8 Å². The van der Waals surface area contributed by atoms with Crippen molar-refractivity contribution >= 4 is 11.6 Å². The van der Waals surface area contributed by atoms with Crippen LogP contribution in [0.15, 0.2) is 42.2 Å². The minimum atomic E-state index is -0.247. The average Bonchev–Trinajstić information content (AvgIpc) is 2.19. The highest BCUT2D eigenvalue weighted by molar-refractivity contribution is 5.99. The second-order valence-electron chi connectivity index (χ2n) is 2.70. The molecule has 4 heteroatoms. The lowest BCUT2D eigenvalue weighted by molar-refractivity contribution is -0.112. The number of rotatable bonds is 3. The van der Waals surface area contributed by atoms with Crippen molar-refractivity contribution in [3.8, 4) is 0 Å². The van der Waals surface area contributed by atoms with Crippen LogP contribution in [0.4, 0.5) is 5.69 Å². The predicted molar refractivity (Wildman–Crippen MR) is 56.4 cm³/mol. The van der Waals surface area contributed by atoms with Gasteiger partial charge in [0.15, 0.2) is 0 Å². The topological polar surface area (TPSA) is 67.1 Å². The third kappa shape index (κ3) is 3.18. The van der Waals surface area contributed by atoms with E-state index in [4.69, 9.17) is 5.73 Å². The van der Waals surface area contributed by atoms with Crippen LogP contribution < -0.4 is 16.4 Å². The van der Waals surface area contributed by atoms with E-state index in [0.717, 1.165) is 5.69 Å². The van der Waals surface area contributed by atoms with Crippen molar-refractivity contribution in [1.29, 1.82) is 0 Å². The molecule has 0 atom stereocenters. The zero-order valence-electron chi connectivity index (χ0n) is 7.95. The van der Waals surface area contributed by atoms with Gasteiger partial charge in [-0.1, -0.05) is 18.2 Å².